The maximum absolute atomic E-state index is 11.8. The number of rotatable bonds is 3. The molecule has 0 aliphatic carbocycles. The maximum atomic E-state index is 11.8. The number of nitrogens with zero attached hydrogens (tertiary/aromatic N) is 1. The Morgan fingerprint density at radius 3 is 2.80 bits per heavy atom. The molecule has 2 N–H and O–H groups in total. The molecule has 7 heteroatoms. The van der Waals surface area contributed by atoms with E-state index in [1.54, 1.807) is 6.07 Å². The van der Waals surface area contributed by atoms with E-state index in [9.17, 15) is 9.59 Å². The van der Waals surface area contributed by atoms with E-state index >= 15 is 0 Å². The molecule has 1 aromatic carbocycles. The fraction of sp³-hybridized carbons (Fsp3) is 0.385. The predicted octanol–water partition coefficient (Wildman–Crippen LogP) is 0.641. The third-order valence-electron chi connectivity index (χ3n) is 3.40. The number of benzene rings is 1. The summed E-state index contributed by atoms with van der Waals surface area (Å²) in [6, 6.07) is 5.22. The summed E-state index contributed by atoms with van der Waals surface area (Å²) in [5.74, 6) is 0.0786. The number of amides is 2. The van der Waals surface area contributed by atoms with Gasteiger partial charge < -0.3 is 24.8 Å². The first-order valence-corrected chi connectivity index (χ1v) is 6.27. The summed E-state index contributed by atoms with van der Waals surface area (Å²) in [6.45, 7) is 1.11. The van der Waals surface area contributed by atoms with Crippen LogP contribution in [0, 0.1) is 5.92 Å². The average molecular weight is 278 g/mol. The number of hydrogen-bond donors (Lipinski definition) is 2. The van der Waals surface area contributed by atoms with Crippen LogP contribution < -0.4 is 14.8 Å². The van der Waals surface area contributed by atoms with E-state index in [2.05, 4.69) is 5.32 Å². The van der Waals surface area contributed by atoms with Crippen LogP contribution in [0.5, 0.6) is 11.5 Å². The minimum absolute atomic E-state index is 0.218. The van der Waals surface area contributed by atoms with Crippen LogP contribution in [0.4, 0.5) is 4.79 Å². The van der Waals surface area contributed by atoms with E-state index in [4.69, 9.17) is 14.6 Å². The van der Waals surface area contributed by atoms with Gasteiger partial charge in [0.05, 0.1) is 5.92 Å². The molecule has 3 rings (SSSR count). The van der Waals surface area contributed by atoms with Crippen LogP contribution in [-0.4, -0.2) is 41.9 Å². The Labute approximate surface area is 115 Å². The second-order valence-corrected chi connectivity index (χ2v) is 4.79. The van der Waals surface area contributed by atoms with Crippen LogP contribution in [0.2, 0.25) is 0 Å². The first kappa shape index (κ1) is 12.6. The number of carbonyl (C=O) groups is 2. The van der Waals surface area contributed by atoms with Crippen molar-refractivity contribution >= 4 is 12.0 Å². The van der Waals surface area contributed by atoms with Crippen molar-refractivity contribution < 1.29 is 24.2 Å². The molecule has 0 atom stereocenters. The largest absolute Gasteiger partial charge is 0.481 e. The lowest BCUT2D eigenvalue weighted by Gasteiger charge is -2.36. The second kappa shape index (κ2) is 4.92. The number of hydrogen-bond acceptors (Lipinski definition) is 4. The van der Waals surface area contributed by atoms with E-state index < -0.39 is 11.9 Å². The number of nitrogens with one attached hydrogen (secondary N) is 1. The second-order valence-electron chi connectivity index (χ2n) is 4.79. The quantitative estimate of drug-likeness (QED) is 0.847. The van der Waals surface area contributed by atoms with Gasteiger partial charge in [-0.2, -0.15) is 0 Å². The Hall–Kier alpha value is -2.44. The van der Waals surface area contributed by atoms with Crippen molar-refractivity contribution in [3.63, 3.8) is 0 Å². The average Bonchev–Trinajstić information content (AvgIpc) is 2.81. The lowest BCUT2D eigenvalue weighted by Crippen LogP contribution is -2.56. The summed E-state index contributed by atoms with van der Waals surface area (Å²) in [5, 5.41) is 11.5. The number of carboxylic acid groups (broad SMARTS) is 1. The summed E-state index contributed by atoms with van der Waals surface area (Å²) in [6.07, 6.45) is 0. The molecule has 1 aromatic rings. The lowest BCUT2D eigenvalue weighted by molar-refractivity contribution is -0.146. The maximum Gasteiger partial charge on any atom is 0.317 e. The summed E-state index contributed by atoms with van der Waals surface area (Å²) >= 11 is 0. The lowest BCUT2D eigenvalue weighted by atomic mass is 10.0. The minimum Gasteiger partial charge on any atom is -0.481 e. The van der Waals surface area contributed by atoms with Gasteiger partial charge in [0.15, 0.2) is 11.5 Å². The van der Waals surface area contributed by atoms with Crippen molar-refractivity contribution in [2.75, 3.05) is 19.9 Å². The highest BCUT2D eigenvalue weighted by Crippen LogP contribution is 2.32. The smallest absolute Gasteiger partial charge is 0.317 e. The van der Waals surface area contributed by atoms with Gasteiger partial charge in [-0.25, -0.2) is 4.79 Å². The summed E-state index contributed by atoms with van der Waals surface area (Å²) in [7, 11) is 0. The Morgan fingerprint density at radius 1 is 1.30 bits per heavy atom. The molecule has 2 heterocycles. The number of likely N-dealkylation sites (tertiary alicyclic amines) is 1. The summed E-state index contributed by atoms with van der Waals surface area (Å²) in [5.41, 5.74) is 0.901. The van der Waals surface area contributed by atoms with Crippen molar-refractivity contribution in [1.82, 2.24) is 10.2 Å². The molecule has 2 aliphatic heterocycles. The van der Waals surface area contributed by atoms with E-state index in [0.29, 0.717) is 18.0 Å². The van der Waals surface area contributed by atoms with Gasteiger partial charge >= 0.3 is 12.0 Å². The molecule has 0 bridgehead atoms. The molecule has 20 heavy (non-hydrogen) atoms. The zero-order valence-corrected chi connectivity index (χ0v) is 10.7. The summed E-state index contributed by atoms with van der Waals surface area (Å²) in [4.78, 5) is 23.9. The van der Waals surface area contributed by atoms with Crippen molar-refractivity contribution in [3.05, 3.63) is 23.8 Å². The highest BCUT2D eigenvalue weighted by molar-refractivity contribution is 5.79. The third kappa shape index (κ3) is 2.34. The fourth-order valence-electron chi connectivity index (χ4n) is 2.14. The number of carbonyl (C=O) groups excluding carboxylic acids is 1. The monoisotopic (exact) mass is 278 g/mol. The zero-order valence-electron chi connectivity index (χ0n) is 10.7. The van der Waals surface area contributed by atoms with Gasteiger partial charge in [0, 0.05) is 19.6 Å². The van der Waals surface area contributed by atoms with Crippen LogP contribution in [-0.2, 0) is 11.3 Å². The molecular weight excluding hydrogens is 264 g/mol. The fourth-order valence-corrected chi connectivity index (χ4v) is 2.14. The highest BCUT2D eigenvalue weighted by atomic mass is 16.7. The predicted molar refractivity (Wildman–Crippen MR) is 67.5 cm³/mol. The van der Waals surface area contributed by atoms with Gasteiger partial charge in [0.1, 0.15) is 0 Å². The number of ether oxygens (including phenoxy) is 2. The van der Waals surface area contributed by atoms with Gasteiger partial charge in [0.25, 0.3) is 0 Å². The van der Waals surface area contributed by atoms with Crippen LogP contribution >= 0.6 is 0 Å². The molecule has 0 radical (unpaired) electrons. The number of urea groups is 1. The van der Waals surface area contributed by atoms with E-state index in [1.165, 1.54) is 4.90 Å². The van der Waals surface area contributed by atoms with E-state index in [1.807, 2.05) is 12.1 Å². The zero-order chi connectivity index (χ0) is 14.1. The molecule has 2 aliphatic rings. The molecule has 1 fully saturated rings. The van der Waals surface area contributed by atoms with Crippen molar-refractivity contribution in [3.8, 4) is 11.5 Å². The van der Waals surface area contributed by atoms with Crippen LogP contribution in [0.3, 0.4) is 0 Å². The molecule has 7 nitrogen and oxygen atoms in total. The number of carboxylic acids is 1. The van der Waals surface area contributed by atoms with Crippen molar-refractivity contribution in [2.45, 2.75) is 6.54 Å². The van der Waals surface area contributed by atoms with Crippen LogP contribution in [0.1, 0.15) is 5.56 Å². The topological polar surface area (TPSA) is 88.1 Å². The van der Waals surface area contributed by atoms with Gasteiger partial charge in [-0.3, -0.25) is 4.79 Å². The van der Waals surface area contributed by atoms with E-state index in [0.717, 1.165) is 5.56 Å². The van der Waals surface area contributed by atoms with Gasteiger partial charge in [-0.05, 0) is 17.7 Å². The molecule has 0 aromatic heterocycles. The van der Waals surface area contributed by atoms with Crippen LogP contribution in [0.25, 0.3) is 0 Å². The Bertz CT molecular complexity index is 554. The first-order valence-electron chi connectivity index (χ1n) is 6.27. The first-order chi connectivity index (χ1) is 9.63. The van der Waals surface area contributed by atoms with Gasteiger partial charge in [0.2, 0.25) is 6.79 Å². The normalized spacial score (nSPS) is 16.7. The molecule has 2 amide bonds. The molecule has 1 saturated heterocycles. The standard InChI is InChI=1S/C13H14N2O5/c16-12(17)9-5-15(6-9)13(18)14-4-8-1-2-10-11(3-8)20-7-19-10/h1-3,9H,4-7H2,(H,14,18)(H,16,17). The highest BCUT2D eigenvalue weighted by Gasteiger charge is 2.35. The van der Waals surface area contributed by atoms with Crippen LogP contribution in [0.15, 0.2) is 18.2 Å². The van der Waals surface area contributed by atoms with Crippen molar-refractivity contribution in [1.29, 1.82) is 0 Å². The molecule has 106 valence electrons. The minimum atomic E-state index is -0.857. The van der Waals surface area contributed by atoms with Gasteiger partial charge in [-0.1, -0.05) is 6.07 Å². The molecule has 0 saturated carbocycles. The number of aliphatic carboxylic acids is 1. The SMILES string of the molecule is O=C(O)C1CN(C(=O)NCc2ccc3c(c2)OCO3)C1. The Morgan fingerprint density at radius 2 is 2.05 bits per heavy atom. The van der Waals surface area contributed by atoms with E-state index in [-0.39, 0.29) is 25.9 Å². The molecule has 0 unspecified atom stereocenters. The summed E-state index contributed by atoms with van der Waals surface area (Å²) < 4.78 is 10.5. The van der Waals surface area contributed by atoms with Gasteiger partial charge in [-0.15, -0.1) is 0 Å². The third-order valence-corrected chi connectivity index (χ3v) is 3.40. The molecule has 0 spiro atoms. The Balaban J connectivity index is 1.50. The Kier molecular flexibility index (Phi) is 3.09. The number of fused-ring (bicyclic) bond motifs is 1. The van der Waals surface area contributed by atoms with Crippen molar-refractivity contribution in [2.24, 2.45) is 5.92 Å². The molecular formula is C13H14N2O5.